The van der Waals surface area contributed by atoms with E-state index in [1.807, 2.05) is 43.3 Å². The molecule has 0 spiro atoms. The van der Waals surface area contributed by atoms with Crippen LogP contribution in [0, 0.1) is 4.77 Å². The molecule has 3 aromatic rings. The molecule has 148 valence electrons. The van der Waals surface area contributed by atoms with E-state index in [0.29, 0.717) is 39.5 Å². The van der Waals surface area contributed by atoms with Gasteiger partial charge < -0.3 is 14.9 Å². The lowest BCUT2D eigenvalue weighted by molar-refractivity contribution is 0.284. The van der Waals surface area contributed by atoms with Crippen LogP contribution >= 0.6 is 35.4 Å². The van der Waals surface area contributed by atoms with Gasteiger partial charge in [-0.05, 0) is 47.6 Å². The summed E-state index contributed by atoms with van der Waals surface area (Å²) in [6.45, 7) is 2.83. The van der Waals surface area contributed by atoms with Crippen molar-refractivity contribution in [2.24, 2.45) is 0 Å². The number of aromatic nitrogens is 3. The summed E-state index contributed by atoms with van der Waals surface area (Å²) >= 11 is 17.7. The van der Waals surface area contributed by atoms with E-state index >= 15 is 0 Å². The number of hydrogen-bond donors (Lipinski definition) is 2. The summed E-state index contributed by atoms with van der Waals surface area (Å²) in [6.07, 6.45) is 0.750. The molecule has 0 saturated heterocycles. The second-order valence-electron chi connectivity index (χ2n) is 6.00. The highest BCUT2D eigenvalue weighted by Crippen LogP contribution is 2.37. The molecule has 0 atom stereocenters. The van der Waals surface area contributed by atoms with Gasteiger partial charge in [-0.2, -0.15) is 5.10 Å². The molecule has 0 fully saturated rings. The van der Waals surface area contributed by atoms with Crippen molar-refractivity contribution >= 4 is 35.4 Å². The minimum atomic E-state index is 0.332. The summed E-state index contributed by atoms with van der Waals surface area (Å²) in [7, 11) is 1.58. The number of rotatable bonds is 8. The Hall–Kier alpha value is -2.22. The van der Waals surface area contributed by atoms with Gasteiger partial charge in [0, 0.05) is 11.4 Å². The number of nitrogens with zero attached hydrogens (tertiary/aromatic N) is 2. The lowest BCUT2D eigenvalue weighted by atomic mass is 10.2. The molecule has 3 rings (SSSR count). The van der Waals surface area contributed by atoms with Gasteiger partial charge in [-0.1, -0.05) is 42.3 Å². The zero-order chi connectivity index (χ0) is 20.1. The van der Waals surface area contributed by atoms with E-state index in [-0.39, 0.29) is 0 Å². The predicted octanol–water partition coefficient (Wildman–Crippen LogP) is 5.14. The van der Waals surface area contributed by atoms with Crippen molar-refractivity contribution in [3.63, 3.8) is 0 Å². The molecule has 2 aromatic carbocycles. The van der Waals surface area contributed by atoms with Gasteiger partial charge >= 0.3 is 0 Å². The molecule has 0 amide bonds. The Labute approximate surface area is 178 Å². The van der Waals surface area contributed by atoms with Crippen molar-refractivity contribution in [3.05, 3.63) is 68.2 Å². The third-order valence-corrected chi connectivity index (χ3v) is 4.85. The zero-order valence-electron chi connectivity index (χ0n) is 15.5. The summed E-state index contributed by atoms with van der Waals surface area (Å²) < 4.78 is 13.6. The van der Waals surface area contributed by atoms with Gasteiger partial charge in [-0.15, -0.1) is 0 Å². The Balaban J connectivity index is 1.75. The summed E-state index contributed by atoms with van der Waals surface area (Å²) in [5.74, 6) is 1.87. The second-order valence-corrected chi connectivity index (χ2v) is 7.23. The number of nitrogens with one attached hydrogen (secondary N) is 2. The van der Waals surface area contributed by atoms with E-state index in [0.717, 1.165) is 23.4 Å². The number of aromatic amines is 1. The van der Waals surface area contributed by atoms with E-state index in [1.54, 1.807) is 11.8 Å². The molecule has 0 bridgehead atoms. The van der Waals surface area contributed by atoms with E-state index in [2.05, 4.69) is 15.6 Å². The fraction of sp³-hybridized carbons (Fsp3) is 0.263. The lowest BCUT2D eigenvalue weighted by Crippen LogP contribution is -2.17. The molecule has 1 heterocycles. The smallest absolute Gasteiger partial charge is 0.214 e. The van der Waals surface area contributed by atoms with Gasteiger partial charge in [-0.25, -0.2) is 4.68 Å². The normalized spacial score (nSPS) is 10.7. The number of H-pyrrole nitrogens is 1. The van der Waals surface area contributed by atoms with Crippen LogP contribution in [0.2, 0.25) is 10.0 Å². The van der Waals surface area contributed by atoms with Crippen LogP contribution in [0.1, 0.15) is 23.9 Å². The molecular weight excluding hydrogens is 419 g/mol. The van der Waals surface area contributed by atoms with Crippen molar-refractivity contribution in [2.45, 2.75) is 26.5 Å². The average Bonchev–Trinajstić information content (AvgIpc) is 3.04. The van der Waals surface area contributed by atoms with Gasteiger partial charge in [0.2, 0.25) is 4.77 Å². The van der Waals surface area contributed by atoms with Crippen LogP contribution in [0.5, 0.6) is 11.5 Å². The van der Waals surface area contributed by atoms with Gasteiger partial charge in [-0.3, -0.25) is 5.10 Å². The predicted molar refractivity (Wildman–Crippen MR) is 114 cm³/mol. The number of methoxy groups -OCH3 is 1. The minimum Gasteiger partial charge on any atom is -0.493 e. The topological polar surface area (TPSA) is 64.1 Å². The quantitative estimate of drug-likeness (QED) is 0.476. The monoisotopic (exact) mass is 438 g/mol. The van der Waals surface area contributed by atoms with Gasteiger partial charge in [0.15, 0.2) is 17.3 Å². The number of ether oxygens (including phenoxy) is 2. The first-order valence-electron chi connectivity index (χ1n) is 8.65. The molecule has 1 aromatic heterocycles. The first-order chi connectivity index (χ1) is 13.5. The summed E-state index contributed by atoms with van der Waals surface area (Å²) in [5.41, 5.74) is 5.10. The Morgan fingerprint density at radius 1 is 1.21 bits per heavy atom. The Morgan fingerprint density at radius 2 is 2.04 bits per heavy atom. The SMILES string of the molecule is CCc1n[nH]c(=S)n1NCc1cc(Cl)c(OCc2cccc(Cl)c2)c(OC)c1. The van der Waals surface area contributed by atoms with Gasteiger partial charge in [0.1, 0.15) is 6.61 Å². The number of halogens is 2. The Kier molecular flexibility index (Phi) is 6.83. The van der Waals surface area contributed by atoms with Crippen molar-refractivity contribution in [3.8, 4) is 11.5 Å². The molecule has 0 aliphatic heterocycles. The fourth-order valence-electron chi connectivity index (χ4n) is 2.70. The molecule has 0 aliphatic carbocycles. The van der Waals surface area contributed by atoms with Gasteiger partial charge in [0.25, 0.3) is 0 Å². The molecule has 6 nitrogen and oxygen atoms in total. The van der Waals surface area contributed by atoms with Crippen molar-refractivity contribution in [1.82, 2.24) is 14.9 Å². The van der Waals surface area contributed by atoms with E-state index in [9.17, 15) is 0 Å². The molecule has 0 aliphatic rings. The highest BCUT2D eigenvalue weighted by atomic mass is 35.5. The maximum Gasteiger partial charge on any atom is 0.214 e. The molecule has 0 unspecified atom stereocenters. The van der Waals surface area contributed by atoms with Crippen LogP contribution in [-0.4, -0.2) is 22.0 Å². The molecule has 9 heteroatoms. The molecule has 0 radical (unpaired) electrons. The van der Waals surface area contributed by atoms with Crippen molar-refractivity contribution in [1.29, 1.82) is 0 Å². The summed E-state index contributed by atoms with van der Waals surface area (Å²) in [6, 6.07) is 11.2. The van der Waals surface area contributed by atoms with Crippen LogP contribution in [0.4, 0.5) is 0 Å². The Bertz CT molecular complexity index is 1020. The van der Waals surface area contributed by atoms with E-state index in [1.165, 1.54) is 0 Å². The summed E-state index contributed by atoms with van der Waals surface area (Å²) in [4.78, 5) is 0. The maximum atomic E-state index is 6.46. The molecule has 0 saturated carbocycles. The van der Waals surface area contributed by atoms with Crippen LogP contribution in [0.15, 0.2) is 36.4 Å². The largest absolute Gasteiger partial charge is 0.493 e. The molecule has 2 N–H and O–H groups in total. The average molecular weight is 439 g/mol. The maximum absolute atomic E-state index is 6.46. The van der Waals surface area contributed by atoms with E-state index in [4.69, 9.17) is 44.9 Å². The van der Waals surface area contributed by atoms with Crippen LogP contribution in [0.25, 0.3) is 0 Å². The fourth-order valence-corrected chi connectivity index (χ4v) is 3.41. The van der Waals surface area contributed by atoms with Crippen molar-refractivity contribution < 1.29 is 9.47 Å². The highest BCUT2D eigenvalue weighted by molar-refractivity contribution is 7.71. The van der Waals surface area contributed by atoms with Crippen LogP contribution < -0.4 is 14.9 Å². The van der Waals surface area contributed by atoms with Crippen LogP contribution in [0.3, 0.4) is 0 Å². The first kappa shape index (κ1) is 20.5. The number of benzene rings is 2. The van der Waals surface area contributed by atoms with Gasteiger partial charge in [0.05, 0.1) is 18.7 Å². The molecular formula is C19H20Cl2N4O2S. The third kappa shape index (κ3) is 4.79. The van der Waals surface area contributed by atoms with Crippen molar-refractivity contribution in [2.75, 3.05) is 12.5 Å². The standard InChI is InChI=1S/C19H20Cl2N4O2S/c1-3-17-23-24-19(28)25(17)22-10-13-8-15(21)18(16(9-13)26-2)27-11-12-5-4-6-14(20)7-12/h4-9,22H,3,10-11H2,1-2H3,(H,24,28). The van der Waals surface area contributed by atoms with Crippen LogP contribution in [-0.2, 0) is 19.6 Å². The number of aryl methyl sites for hydroxylation is 1. The highest BCUT2D eigenvalue weighted by Gasteiger charge is 2.13. The zero-order valence-corrected chi connectivity index (χ0v) is 17.8. The lowest BCUT2D eigenvalue weighted by Gasteiger charge is -2.15. The first-order valence-corrected chi connectivity index (χ1v) is 9.82. The Morgan fingerprint density at radius 3 is 2.75 bits per heavy atom. The summed E-state index contributed by atoms with van der Waals surface area (Å²) in [5, 5.41) is 8.07. The second kappa shape index (κ2) is 9.32. The number of hydrogen-bond acceptors (Lipinski definition) is 5. The minimum absolute atomic E-state index is 0.332. The third-order valence-electron chi connectivity index (χ3n) is 4.06. The molecule has 28 heavy (non-hydrogen) atoms. The van der Waals surface area contributed by atoms with E-state index < -0.39 is 0 Å².